The van der Waals surface area contributed by atoms with Gasteiger partial charge >= 0.3 is 0 Å². The first-order chi connectivity index (χ1) is 9.65. The van der Waals surface area contributed by atoms with Crippen molar-refractivity contribution in [1.29, 1.82) is 0 Å². The van der Waals surface area contributed by atoms with Crippen molar-refractivity contribution in [2.45, 2.75) is 25.8 Å². The molecule has 0 amide bonds. The lowest BCUT2D eigenvalue weighted by Crippen LogP contribution is -2.45. The third-order valence-electron chi connectivity index (χ3n) is 3.89. The Morgan fingerprint density at radius 2 is 1.95 bits per heavy atom. The van der Waals surface area contributed by atoms with Crippen molar-refractivity contribution in [3.05, 3.63) is 34.9 Å². The standard InChI is InChI=1S/C15H22F2N2O/c1-11-4-5-12(15(17)14(11)16)13(3-2-10-20)19-8-6-18-7-9-19/h4-5,13,18,20H,2-3,6-10H2,1H3/t13-/m0/s1. The summed E-state index contributed by atoms with van der Waals surface area (Å²) in [6.45, 7) is 4.96. The van der Waals surface area contributed by atoms with Crippen LogP contribution in [0.15, 0.2) is 12.1 Å². The molecule has 1 fully saturated rings. The van der Waals surface area contributed by atoms with Crippen molar-refractivity contribution in [2.24, 2.45) is 0 Å². The Morgan fingerprint density at radius 3 is 2.60 bits per heavy atom. The average Bonchev–Trinajstić information content (AvgIpc) is 2.48. The topological polar surface area (TPSA) is 35.5 Å². The van der Waals surface area contributed by atoms with Crippen molar-refractivity contribution in [3.63, 3.8) is 0 Å². The van der Waals surface area contributed by atoms with Crippen molar-refractivity contribution in [2.75, 3.05) is 32.8 Å². The van der Waals surface area contributed by atoms with Gasteiger partial charge in [-0.25, -0.2) is 8.78 Å². The molecule has 1 aromatic carbocycles. The highest BCUT2D eigenvalue weighted by Gasteiger charge is 2.26. The van der Waals surface area contributed by atoms with Gasteiger partial charge in [0.15, 0.2) is 11.6 Å². The second-order valence-electron chi connectivity index (χ2n) is 5.27. The number of hydrogen-bond acceptors (Lipinski definition) is 3. The fourth-order valence-electron chi connectivity index (χ4n) is 2.73. The highest BCUT2D eigenvalue weighted by molar-refractivity contribution is 5.28. The molecule has 2 rings (SSSR count). The minimum atomic E-state index is -0.758. The molecule has 0 spiro atoms. The molecule has 112 valence electrons. The molecular formula is C15H22F2N2O. The predicted octanol–water partition coefficient (Wildman–Crippen LogP) is 1.99. The molecule has 1 aromatic rings. The van der Waals surface area contributed by atoms with Crippen LogP contribution in [0.2, 0.25) is 0 Å². The first-order valence-electron chi connectivity index (χ1n) is 7.15. The van der Waals surface area contributed by atoms with Gasteiger partial charge in [0.05, 0.1) is 0 Å². The van der Waals surface area contributed by atoms with Gasteiger partial charge in [-0.1, -0.05) is 12.1 Å². The summed E-state index contributed by atoms with van der Waals surface area (Å²) in [6, 6.07) is 3.14. The van der Waals surface area contributed by atoms with Crippen molar-refractivity contribution in [3.8, 4) is 0 Å². The molecule has 0 bridgehead atoms. The number of rotatable bonds is 5. The van der Waals surface area contributed by atoms with E-state index in [1.165, 1.54) is 0 Å². The number of nitrogens with zero attached hydrogens (tertiary/aromatic N) is 1. The molecule has 2 N–H and O–H groups in total. The summed E-state index contributed by atoms with van der Waals surface area (Å²) in [7, 11) is 0. The second kappa shape index (κ2) is 7.11. The molecule has 1 heterocycles. The predicted molar refractivity (Wildman–Crippen MR) is 74.6 cm³/mol. The van der Waals surface area contributed by atoms with E-state index in [0.717, 1.165) is 26.2 Å². The maximum Gasteiger partial charge on any atom is 0.163 e. The van der Waals surface area contributed by atoms with E-state index in [1.54, 1.807) is 19.1 Å². The van der Waals surface area contributed by atoms with E-state index in [4.69, 9.17) is 5.11 Å². The zero-order chi connectivity index (χ0) is 14.5. The molecule has 20 heavy (non-hydrogen) atoms. The van der Waals surface area contributed by atoms with Gasteiger partial charge in [-0.2, -0.15) is 0 Å². The van der Waals surface area contributed by atoms with Gasteiger partial charge in [-0.3, -0.25) is 4.90 Å². The van der Waals surface area contributed by atoms with Crippen molar-refractivity contribution >= 4 is 0 Å². The summed E-state index contributed by atoms with van der Waals surface area (Å²) in [5, 5.41) is 12.3. The van der Waals surface area contributed by atoms with Gasteiger partial charge in [-0.15, -0.1) is 0 Å². The Balaban J connectivity index is 2.27. The number of piperazine rings is 1. The number of aryl methyl sites for hydroxylation is 1. The Hall–Kier alpha value is -1.04. The summed E-state index contributed by atoms with van der Waals surface area (Å²) in [5.74, 6) is -1.50. The molecule has 0 saturated carbocycles. The number of benzene rings is 1. The summed E-state index contributed by atoms with van der Waals surface area (Å²) in [5.41, 5.74) is 0.732. The maximum atomic E-state index is 14.2. The van der Waals surface area contributed by atoms with Crippen LogP contribution in [-0.2, 0) is 0 Å². The number of halogens is 2. The lowest BCUT2D eigenvalue weighted by atomic mass is 9.97. The number of hydrogen-bond donors (Lipinski definition) is 2. The van der Waals surface area contributed by atoms with Crippen LogP contribution in [0.1, 0.15) is 30.0 Å². The molecular weight excluding hydrogens is 262 g/mol. The molecule has 1 atom stereocenters. The van der Waals surface area contributed by atoms with Crippen molar-refractivity contribution < 1.29 is 13.9 Å². The molecule has 1 aliphatic rings. The second-order valence-corrected chi connectivity index (χ2v) is 5.27. The smallest absolute Gasteiger partial charge is 0.163 e. The van der Waals surface area contributed by atoms with Crippen LogP contribution in [0.25, 0.3) is 0 Å². The minimum Gasteiger partial charge on any atom is -0.396 e. The molecule has 1 saturated heterocycles. The largest absolute Gasteiger partial charge is 0.396 e. The van der Waals surface area contributed by atoms with Crippen molar-refractivity contribution in [1.82, 2.24) is 10.2 Å². The monoisotopic (exact) mass is 284 g/mol. The fourth-order valence-corrected chi connectivity index (χ4v) is 2.73. The van der Waals surface area contributed by atoms with E-state index < -0.39 is 11.6 Å². The van der Waals surface area contributed by atoms with E-state index in [2.05, 4.69) is 10.2 Å². The lowest BCUT2D eigenvalue weighted by Gasteiger charge is -2.35. The van der Waals surface area contributed by atoms with E-state index in [1.807, 2.05) is 0 Å². The quantitative estimate of drug-likeness (QED) is 0.868. The number of nitrogens with one attached hydrogen (secondary N) is 1. The van der Waals surface area contributed by atoms with E-state index in [9.17, 15) is 8.78 Å². The SMILES string of the molecule is Cc1ccc([C@H](CCCO)N2CCNCC2)c(F)c1F. The van der Waals surface area contributed by atoms with E-state index in [-0.39, 0.29) is 12.6 Å². The number of aliphatic hydroxyl groups is 1. The first kappa shape index (κ1) is 15.4. The van der Waals surface area contributed by atoms with Gasteiger partial charge in [0, 0.05) is 44.4 Å². The van der Waals surface area contributed by atoms with Crippen LogP contribution in [0.3, 0.4) is 0 Å². The third-order valence-corrected chi connectivity index (χ3v) is 3.89. The van der Waals surface area contributed by atoms with Gasteiger partial charge in [0.2, 0.25) is 0 Å². The van der Waals surface area contributed by atoms with Crippen LogP contribution in [0, 0.1) is 18.6 Å². The third kappa shape index (κ3) is 3.34. The molecule has 0 radical (unpaired) electrons. The zero-order valence-corrected chi connectivity index (χ0v) is 11.8. The molecule has 3 nitrogen and oxygen atoms in total. The van der Waals surface area contributed by atoms with Gasteiger partial charge in [0.1, 0.15) is 0 Å². The van der Waals surface area contributed by atoms with Crippen LogP contribution in [0.4, 0.5) is 8.78 Å². The normalized spacial score (nSPS) is 18.2. The maximum absolute atomic E-state index is 14.2. The van der Waals surface area contributed by atoms with Gasteiger partial charge < -0.3 is 10.4 Å². The number of aliphatic hydroxyl groups excluding tert-OH is 1. The van der Waals surface area contributed by atoms with Gasteiger partial charge in [-0.05, 0) is 25.3 Å². The van der Waals surface area contributed by atoms with Crippen LogP contribution >= 0.6 is 0 Å². The summed E-state index contributed by atoms with van der Waals surface area (Å²) in [4.78, 5) is 2.17. The Kier molecular flexibility index (Phi) is 5.46. The Bertz CT molecular complexity index is 448. The molecule has 5 heteroatoms. The van der Waals surface area contributed by atoms with E-state index in [0.29, 0.717) is 24.0 Å². The summed E-state index contributed by atoms with van der Waals surface area (Å²) < 4.78 is 28.0. The Morgan fingerprint density at radius 1 is 1.25 bits per heavy atom. The highest BCUT2D eigenvalue weighted by atomic mass is 19.2. The van der Waals surface area contributed by atoms with Crippen LogP contribution in [0.5, 0.6) is 0 Å². The Labute approximate surface area is 118 Å². The summed E-state index contributed by atoms with van der Waals surface area (Å²) >= 11 is 0. The van der Waals surface area contributed by atoms with E-state index >= 15 is 0 Å². The highest BCUT2D eigenvalue weighted by Crippen LogP contribution is 2.30. The fraction of sp³-hybridized carbons (Fsp3) is 0.600. The molecule has 0 unspecified atom stereocenters. The first-order valence-corrected chi connectivity index (χ1v) is 7.15. The van der Waals surface area contributed by atoms with Gasteiger partial charge in [0.25, 0.3) is 0 Å². The van der Waals surface area contributed by atoms with Crippen LogP contribution < -0.4 is 5.32 Å². The zero-order valence-electron chi connectivity index (χ0n) is 11.8. The molecule has 1 aliphatic heterocycles. The summed E-state index contributed by atoms with van der Waals surface area (Å²) in [6.07, 6.45) is 1.22. The lowest BCUT2D eigenvalue weighted by molar-refractivity contribution is 0.151. The molecule has 0 aliphatic carbocycles. The molecule has 0 aromatic heterocycles. The minimum absolute atomic E-state index is 0.0680. The van der Waals surface area contributed by atoms with Crippen LogP contribution in [-0.4, -0.2) is 42.8 Å². The average molecular weight is 284 g/mol.